The number of thiophene rings is 1. The maximum atomic E-state index is 12.3. The van der Waals surface area contributed by atoms with Crippen molar-refractivity contribution >= 4 is 28.7 Å². The highest BCUT2D eigenvalue weighted by Crippen LogP contribution is 2.25. The van der Waals surface area contributed by atoms with Gasteiger partial charge in [-0.3, -0.25) is 9.48 Å². The van der Waals surface area contributed by atoms with Crippen LogP contribution in [0.3, 0.4) is 0 Å². The van der Waals surface area contributed by atoms with Crippen LogP contribution in [-0.2, 0) is 24.2 Å². The number of Topliss-reactive ketones (excluding diaryl/α,β-unsaturated/α-hetero) is 1. The van der Waals surface area contributed by atoms with Crippen molar-refractivity contribution in [3.63, 3.8) is 0 Å². The normalized spacial score (nSPS) is 12.6. The Morgan fingerprint density at radius 1 is 1.55 bits per heavy atom. The van der Waals surface area contributed by atoms with Crippen molar-refractivity contribution in [3.05, 3.63) is 38.8 Å². The number of aryl methyl sites for hydroxylation is 2. The zero-order valence-corrected chi connectivity index (χ0v) is 13.2. The van der Waals surface area contributed by atoms with Crippen LogP contribution >= 0.6 is 22.9 Å². The molecule has 6 heteroatoms. The number of rotatable bonds is 6. The average Bonchev–Trinajstić information content (AvgIpc) is 3.07. The van der Waals surface area contributed by atoms with Gasteiger partial charge in [0.1, 0.15) is 0 Å². The van der Waals surface area contributed by atoms with Crippen molar-refractivity contribution in [2.24, 2.45) is 5.73 Å². The van der Waals surface area contributed by atoms with E-state index in [1.165, 1.54) is 11.3 Å². The van der Waals surface area contributed by atoms with E-state index in [0.29, 0.717) is 11.6 Å². The quantitative estimate of drug-likeness (QED) is 0.892. The molecule has 0 saturated heterocycles. The number of aromatic nitrogens is 2. The highest BCUT2D eigenvalue weighted by Gasteiger charge is 2.22. The number of carbonyl (C=O) groups is 1. The van der Waals surface area contributed by atoms with Crippen molar-refractivity contribution in [2.45, 2.75) is 39.3 Å². The molecule has 1 unspecified atom stereocenters. The number of carbonyl (C=O) groups excluding carboxylic acids is 1. The SMILES string of the molecule is CCc1nn(CC)c(CC(=O)C(N)c2cccs2)c1Cl. The maximum Gasteiger partial charge on any atom is 0.160 e. The average molecular weight is 312 g/mol. The van der Waals surface area contributed by atoms with Crippen LogP contribution in [0.1, 0.15) is 36.2 Å². The third kappa shape index (κ3) is 2.95. The number of halogens is 1. The minimum atomic E-state index is -0.587. The van der Waals surface area contributed by atoms with Gasteiger partial charge in [0.2, 0.25) is 0 Å². The van der Waals surface area contributed by atoms with E-state index < -0.39 is 6.04 Å². The molecule has 0 bridgehead atoms. The zero-order valence-electron chi connectivity index (χ0n) is 11.6. The second kappa shape index (κ2) is 6.52. The second-order valence-electron chi connectivity index (χ2n) is 4.51. The molecule has 2 heterocycles. The van der Waals surface area contributed by atoms with Gasteiger partial charge in [0.15, 0.2) is 5.78 Å². The molecular formula is C14H18ClN3OS. The predicted molar refractivity (Wildman–Crippen MR) is 82.2 cm³/mol. The highest BCUT2D eigenvalue weighted by molar-refractivity contribution is 7.10. The van der Waals surface area contributed by atoms with E-state index in [0.717, 1.165) is 22.7 Å². The summed E-state index contributed by atoms with van der Waals surface area (Å²) in [6.45, 7) is 4.67. The molecule has 0 amide bonds. The number of nitrogens with zero attached hydrogens (tertiary/aromatic N) is 2. The topological polar surface area (TPSA) is 60.9 Å². The summed E-state index contributed by atoms with van der Waals surface area (Å²) in [5.41, 5.74) is 7.60. The van der Waals surface area contributed by atoms with Gasteiger partial charge in [0, 0.05) is 11.4 Å². The van der Waals surface area contributed by atoms with Gasteiger partial charge in [-0.15, -0.1) is 11.3 Å². The fraction of sp³-hybridized carbons (Fsp3) is 0.429. The minimum absolute atomic E-state index is 0.0356. The molecule has 2 aromatic rings. The van der Waals surface area contributed by atoms with Gasteiger partial charge >= 0.3 is 0 Å². The summed E-state index contributed by atoms with van der Waals surface area (Å²) >= 11 is 7.80. The fourth-order valence-corrected chi connectivity index (χ4v) is 3.17. The molecule has 0 aliphatic carbocycles. The van der Waals surface area contributed by atoms with E-state index in [1.807, 2.05) is 31.4 Å². The Morgan fingerprint density at radius 2 is 2.30 bits per heavy atom. The van der Waals surface area contributed by atoms with Crippen LogP contribution in [0, 0.1) is 0 Å². The van der Waals surface area contributed by atoms with E-state index in [9.17, 15) is 4.79 Å². The second-order valence-corrected chi connectivity index (χ2v) is 5.87. The molecule has 0 aliphatic heterocycles. The molecule has 0 fully saturated rings. The number of ketones is 1. The van der Waals surface area contributed by atoms with Gasteiger partial charge in [0.25, 0.3) is 0 Å². The van der Waals surface area contributed by atoms with Gasteiger partial charge in [0.05, 0.1) is 28.9 Å². The van der Waals surface area contributed by atoms with Gasteiger partial charge in [-0.05, 0) is 24.8 Å². The van der Waals surface area contributed by atoms with Gasteiger partial charge in [-0.2, -0.15) is 5.10 Å². The maximum absolute atomic E-state index is 12.3. The number of nitrogens with two attached hydrogens (primary N) is 1. The van der Waals surface area contributed by atoms with Crippen molar-refractivity contribution < 1.29 is 4.79 Å². The molecule has 0 radical (unpaired) electrons. The van der Waals surface area contributed by atoms with E-state index in [2.05, 4.69) is 5.10 Å². The lowest BCUT2D eigenvalue weighted by Gasteiger charge is -2.10. The summed E-state index contributed by atoms with van der Waals surface area (Å²) in [5.74, 6) is -0.0356. The Hall–Kier alpha value is -1.17. The standard InChI is InChI=1S/C14H18ClN3OS/c1-3-9-13(15)10(18(4-2)17-9)8-11(19)14(16)12-6-5-7-20-12/h5-7,14H,3-4,8,16H2,1-2H3. The summed E-state index contributed by atoms with van der Waals surface area (Å²) < 4.78 is 1.79. The van der Waals surface area contributed by atoms with Gasteiger partial charge in [-0.1, -0.05) is 24.6 Å². The Kier molecular flexibility index (Phi) is 4.96. The third-order valence-corrected chi connectivity index (χ3v) is 4.62. The summed E-state index contributed by atoms with van der Waals surface area (Å²) in [5, 5.41) is 6.93. The van der Waals surface area contributed by atoms with Crippen molar-refractivity contribution in [2.75, 3.05) is 0 Å². The van der Waals surface area contributed by atoms with E-state index in [1.54, 1.807) is 4.68 Å². The molecule has 1 atom stereocenters. The lowest BCUT2D eigenvalue weighted by molar-refractivity contribution is -0.119. The largest absolute Gasteiger partial charge is 0.317 e. The van der Waals surface area contributed by atoms with Crippen LogP contribution in [0.5, 0.6) is 0 Å². The zero-order chi connectivity index (χ0) is 14.7. The first-order chi connectivity index (χ1) is 9.58. The predicted octanol–water partition coefficient (Wildman–Crippen LogP) is 2.99. The Bertz CT molecular complexity index is 592. The molecule has 20 heavy (non-hydrogen) atoms. The van der Waals surface area contributed by atoms with Gasteiger partial charge < -0.3 is 5.73 Å². The summed E-state index contributed by atoms with van der Waals surface area (Å²) in [4.78, 5) is 13.2. The number of hydrogen-bond acceptors (Lipinski definition) is 4. The molecule has 0 aromatic carbocycles. The highest BCUT2D eigenvalue weighted by atomic mass is 35.5. The molecule has 2 N–H and O–H groups in total. The Balaban J connectivity index is 2.21. The van der Waals surface area contributed by atoms with Crippen LogP contribution in [0.2, 0.25) is 5.02 Å². The molecule has 4 nitrogen and oxygen atoms in total. The molecular weight excluding hydrogens is 294 g/mol. The van der Waals surface area contributed by atoms with Gasteiger partial charge in [-0.25, -0.2) is 0 Å². The molecule has 0 aliphatic rings. The van der Waals surface area contributed by atoms with E-state index in [4.69, 9.17) is 17.3 Å². The molecule has 2 rings (SSSR count). The molecule has 2 aromatic heterocycles. The summed E-state index contributed by atoms with van der Waals surface area (Å²) in [6, 6.07) is 3.19. The number of hydrogen-bond donors (Lipinski definition) is 1. The Morgan fingerprint density at radius 3 is 2.85 bits per heavy atom. The van der Waals surface area contributed by atoms with E-state index >= 15 is 0 Å². The smallest absolute Gasteiger partial charge is 0.160 e. The fourth-order valence-electron chi connectivity index (χ4n) is 2.09. The molecule has 0 spiro atoms. The first kappa shape index (κ1) is 15.2. The first-order valence-electron chi connectivity index (χ1n) is 6.64. The summed E-state index contributed by atoms with van der Waals surface area (Å²) in [7, 11) is 0. The third-order valence-electron chi connectivity index (χ3n) is 3.23. The minimum Gasteiger partial charge on any atom is -0.317 e. The van der Waals surface area contributed by atoms with Crippen molar-refractivity contribution in [1.29, 1.82) is 0 Å². The lowest BCUT2D eigenvalue weighted by atomic mass is 10.1. The molecule has 0 saturated carbocycles. The monoisotopic (exact) mass is 311 g/mol. The van der Waals surface area contributed by atoms with Crippen molar-refractivity contribution in [3.8, 4) is 0 Å². The van der Waals surface area contributed by atoms with E-state index in [-0.39, 0.29) is 12.2 Å². The van der Waals surface area contributed by atoms with Crippen LogP contribution in [0.25, 0.3) is 0 Å². The van der Waals surface area contributed by atoms with Crippen molar-refractivity contribution in [1.82, 2.24) is 9.78 Å². The lowest BCUT2D eigenvalue weighted by Crippen LogP contribution is -2.23. The molecule has 108 valence electrons. The Labute approximate surface area is 127 Å². The first-order valence-corrected chi connectivity index (χ1v) is 7.89. The van der Waals surface area contributed by atoms with Crippen LogP contribution in [0.15, 0.2) is 17.5 Å². The summed E-state index contributed by atoms with van der Waals surface area (Å²) in [6.07, 6.45) is 0.975. The van der Waals surface area contributed by atoms with Crippen LogP contribution in [0.4, 0.5) is 0 Å². The van der Waals surface area contributed by atoms with Crippen LogP contribution in [-0.4, -0.2) is 15.6 Å². The van der Waals surface area contributed by atoms with Crippen LogP contribution < -0.4 is 5.73 Å².